The Morgan fingerprint density at radius 2 is 1.90 bits per heavy atom. The number of methoxy groups -OCH3 is 1. The van der Waals surface area contributed by atoms with Crippen molar-refractivity contribution in [3.8, 4) is 11.5 Å². The number of aryl methyl sites for hydroxylation is 1. The zero-order chi connectivity index (χ0) is 14.4. The summed E-state index contributed by atoms with van der Waals surface area (Å²) in [5.41, 5.74) is 3.44. The second kappa shape index (κ2) is 6.85. The van der Waals surface area contributed by atoms with Crippen molar-refractivity contribution in [3.05, 3.63) is 53.6 Å². The Hall–Kier alpha value is -2.16. The Labute approximate surface area is 120 Å². The Bertz CT molecular complexity index is 567. The van der Waals surface area contributed by atoms with Gasteiger partial charge in [-0.25, -0.2) is 0 Å². The van der Waals surface area contributed by atoms with E-state index in [0.717, 1.165) is 22.7 Å². The van der Waals surface area contributed by atoms with Gasteiger partial charge in [0.1, 0.15) is 0 Å². The van der Waals surface area contributed by atoms with Gasteiger partial charge in [0.25, 0.3) is 0 Å². The lowest BCUT2D eigenvalue weighted by molar-refractivity contribution is 0.308. The summed E-state index contributed by atoms with van der Waals surface area (Å²) in [5.74, 6) is 1.59. The molecule has 2 aromatic carbocycles. The van der Waals surface area contributed by atoms with Crippen LogP contribution in [-0.4, -0.2) is 13.7 Å². The third-order valence-corrected chi connectivity index (χ3v) is 3.07. The van der Waals surface area contributed by atoms with E-state index < -0.39 is 0 Å². The summed E-state index contributed by atoms with van der Waals surface area (Å²) < 4.78 is 11.1. The number of benzene rings is 2. The first-order chi connectivity index (χ1) is 9.74. The maximum atomic E-state index is 5.71. The van der Waals surface area contributed by atoms with Gasteiger partial charge in [0.05, 0.1) is 13.7 Å². The highest BCUT2D eigenvalue weighted by Gasteiger charge is 2.09. The molecular weight excluding hydrogens is 250 g/mol. The number of rotatable bonds is 6. The molecule has 0 radical (unpaired) electrons. The standard InChI is InChI=1S/C17H21NO2/c1-4-20-17-14(8-6-10-16(17)19-3)12-18-15-9-5-7-13(2)11-15/h5-11,18H,4,12H2,1-3H3. The number of hydrogen-bond acceptors (Lipinski definition) is 3. The van der Waals surface area contributed by atoms with Crippen molar-refractivity contribution < 1.29 is 9.47 Å². The van der Waals surface area contributed by atoms with Gasteiger partial charge in [-0.05, 0) is 37.6 Å². The Morgan fingerprint density at radius 3 is 2.60 bits per heavy atom. The zero-order valence-corrected chi connectivity index (χ0v) is 12.3. The fourth-order valence-corrected chi connectivity index (χ4v) is 2.12. The average molecular weight is 271 g/mol. The van der Waals surface area contributed by atoms with Crippen molar-refractivity contribution in [1.82, 2.24) is 0 Å². The molecule has 2 aromatic rings. The molecule has 2 rings (SSSR count). The fraction of sp³-hybridized carbons (Fsp3) is 0.294. The highest BCUT2D eigenvalue weighted by atomic mass is 16.5. The molecule has 0 saturated carbocycles. The van der Waals surface area contributed by atoms with E-state index in [1.165, 1.54) is 5.56 Å². The molecule has 0 bridgehead atoms. The van der Waals surface area contributed by atoms with E-state index in [0.29, 0.717) is 13.2 Å². The lowest BCUT2D eigenvalue weighted by atomic mass is 10.1. The van der Waals surface area contributed by atoms with Gasteiger partial charge < -0.3 is 14.8 Å². The monoisotopic (exact) mass is 271 g/mol. The molecule has 1 N–H and O–H groups in total. The number of hydrogen-bond donors (Lipinski definition) is 1. The normalized spacial score (nSPS) is 10.2. The van der Waals surface area contributed by atoms with E-state index in [-0.39, 0.29) is 0 Å². The molecule has 0 aliphatic carbocycles. The van der Waals surface area contributed by atoms with Crippen LogP contribution >= 0.6 is 0 Å². The minimum Gasteiger partial charge on any atom is -0.493 e. The summed E-state index contributed by atoms with van der Waals surface area (Å²) in [6, 6.07) is 14.3. The summed E-state index contributed by atoms with van der Waals surface area (Å²) in [6.07, 6.45) is 0. The molecule has 20 heavy (non-hydrogen) atoms. The Morgan fingerprint density at radius 1 is 1.10 bits per heavy atom. The third-order valence-electron chi connectivity index (χ3n) is 3.07. The zero-order valence-electron chi connectivity index (χ0n) is 12.3. The topological polar surface area (TPSA) is 30.5 Å². The SMILES string of the molecule is CCOc1c(CNc2cccc(C)c2)cccc1OC. The highest BCUT2D eigenvalue weighted by molar-refractivity contribution is 5.50. The van der Waals surface area contributed by atoms with Crippen molar-refractivity contribution in [2.75, 3.05) is 19.0 Å². The Balaban J connectivity index is 2.16. The molecule has 106 valence electrons. The van der Waals surface area contributed by atoms with Crippen molar-refractivity contribution in [1.29, 1.82) is 0 Å². The van der Waals surface area contributed by atoms with Crippen molar-refractivity contribution in [2.24, 2.45) is 0 Å². The van der Waals surface area contributed by atoms with Gasteiger partial charge in [-0.2, -0.15) is 0 Å². The van der Waals surface area contributed by atoms with Gasteiger partial charge in [0.2, 0.25) is 0 Å². The maximum Gasteiger partial charge on any atom is 0.166 e. The summed E-state index contributed by atoms with van der Waals surface area (Å²) in [5, 5.41) is 3.42. The lowest BCUT2D eigenvalue weighted by Crippen LogP contribution is -2.04. The van der Waals surface area contributed by atoms with E-state index in [1.807, 2.05) is 25.1 Å². The largest absolute Gasteiger partial charge is 0.493 e. The van der Waals surface area contributed by atoms with Gasteiger partial charge in [-0.15, -0.1) is 0 Å². The van der Waals surface area contributed by atoms with Crippen molar-refractivity contribution >= 4 is 5.69 Å². The summed E-state index contributed by atoms with van der Waals surface area (Å²) in [7, 11) is 1.66. The van der Waals surface area contributed by atoms with E-state index in [2.05, 4.69) is 36.5 Å². The summed E-state index contributed by atoms with van der Waals surface area (Å²) in [6.45, 7) is 5.39. The van der Waals surface area contributed by atoms with Crippen LogP contribution in [0.5, 0.6) is 11.5 Å². The van der Waals surface area contributed by atoms with Crippen LogP contribution in [0.25, 0.3) is 0 Å². The van der Waals surface area contributed by atoms with Gasteiger partial charge >= 0.3 is 0 Å². The molecule has 0 saturated heterocycles. The third kappa shape index (κ3) is 3.44. The molecule has 0 unspecified atom stereocenters. The van der Waals surface area contributed by atoms with E-state index in [4.69, 9.17) is 9.47 Å². The highest BCUT2D eigenvalue weighted by Crippen LogP contribution is 2.31. The van der Waals surface area contributed by atoms with Gasteiger partial charge in [-0.3, -0.25) is 0 Å². The molecule has 3 heteroatoms. The molecule has 0 aliphatic rings. The lowest BCUT2D eigenvalue weighted by Gasteiger charge is -2.15. The predicted molar refractivity (Wildman–Crippen MR) is 82.7 cm³/mol. The van der Waals surface area contributed by atoms with Crippen LogP contribution < -0.4 is 14.8 Å². The van der Waals surface area contributed by atoms with Crippen molar-refractivity contribution in [3.63, 3.8) is 0 Å². The molecular formula is C17H21NO2. The smallest absolute Gasteiger partial charge is 0.166 e. The minimum atomic E-state index is 0.623. The minimum absolute atomic E-state index is 0.623. The molecule has 0 fully saturated rings. The number of ether oxygens (including phenoxy) is 2. The molecule has 0 heterocycles. The molecule has 0 spiro atoms. The molecule has 0 amide bonds. The average Bonchev–Trinajstić information content (AvgIpc) is 2.46. The number of para-hydroxylation sites is 1. The summed E-state index contributed by atoms with van der Waals surface area (Å²) >= 11 is 0. The maximum absolute atomic E-state index is 5.71. The molecule has 0 aromatic heterocycles. The summed E-state index contributed by atoms with van der Waals surface area (Å²) in [4.78, 5) is 0. The molecule has 0 atom stereocenters. The van der Waals surface area contributed by atoms with Crippen LogP contribution in [0, 0.1) is 6.92 Å². The second-order valence-corrected chi connectivity index (χ2v) is 4.60. The van der Waals surface area contributed by atoms with Crippen LogP contribution in [0.15, 0.2) is 42.5 Å². The number of nitrogens with one attached hydrogen (secondary N) is 1. The van der Waals surface area contributed by atoms with Crippen LogP contribution in [0.3, 0.4) is 0 Å². The second-order valence-electron chi connectivity index (χ2n) is 4.60. The van der Waals surface area contributed by atoms with E-state index >= 15 is 0 Å². The first kappa shape index (κ1) is 14.3. The number of anilines is 1. The van der Waals surface area contributed by atoms with Gasteiger partial charge in [-0.1, -0.05) is 24.3 Å². The fourth-order valence-electron chi connectivity index (χ4n) is 2.12. The van der Waals surface area contributed by atoms with Gasteiger partial charge in [0.15, 0.2) is 11.5 Å². The molecule has 3 nitrogen and oxygen atoms in total. The van der Waals surface area contributed by atoms with Gasteiger partial charge in [0, 0.05) is 17.8 Å². The van der Waals surface area contributed by atoms with Crippen molar-refractivity contribution in [2.45, 2.75) is 20.4 Å². The van der Waals surface area contributed by atoms with Crippen LogP contribution in [-0.2, 0) is 6.54 Å². The quantitative estimate of drug-likeness (QED) is 0.861. The van der Waals surface area contributed by atoms with Crippen LogP contribution in [0.4, 0.5) is 5.69 Å². The Kier molecular flexibility index (Phi) is 4.88. The predicted octanol–water partition coefficient (Wildman–Crippen LogP) is 4.01. The first-order valence-corrected chi connectivity index (χ1v) is 6.83. The van der Waals surface area contributed by atoms with Crippen LogP contribution in [0.1, 0.15) is 18.1 Å². The van der Waals surface area contributed by atoms with E-state index in [1.54, 1.807) is 7.11 Å². The van der Waals surface area contributed by atoms with E-state index in [9.17, 15) is 0 Å². The van der Waals surface area contributed by atoms with Crippen LogP contribution in [0.2, 0.25) is 0 Å². The first-order valence-electron chi connectivity index (χ1n) is 6.83. The molecule has 0 aliphatic heterocycles.